The summed E-state index contributed by atoms with van der Waals surface area (Å²) in [6.45, 7) is 0. The Labute approximate surface area is 134 Å². The number of ether oxygens (including phenoxy) is 1. The molecule has 1 aromatic heterocycles. The van der Waals surface area contributed by atoms with E-state index in [0.29, 0.717) is 22.2 Å². The molecule has 0 aliphatic carbocycles. The van der Waals surface area contributed by atoms with Crippen molar-refractivity contribution in [1.82, 2.24) is 4.98 Å². The maximum Gasteiger partial charge on any atom is 0.338 e. The zero-order chi connectivity index (χ0) is 15.7. The van der Waals surface area contributed by atoms with Crippen molar-refractivity contribution in [2.24, 2.45) is 0 Å². The molecule has 3 rings (SSSR count). The summed E-state index contributed by atoms with van der Waals surface area (Å²) in [5.41, 5.74) is 2.09. The molecule has 22 heavy (non-hydrogen) atoms. The summed E-state index contributed by atoms with van der Waals surface area (Å²) in [7, 11) is 1.31. The fourth-order valence-electron chi connectivity index (χ4n) is 2.41. The molecule has 0 radical (unpaired) electrons. The maximum absolute atomic E-state index is 13.6. The van der Waals surface area contributed by atoms with Crippen molar-refractivity contribution in [1.29, 1.82) is 0 Å². The number of benzene rings is 2. The molecule has 0 spiro atoms. The van der Waals surface area contributed by atoms with Crippen LogP contribution in [-0.2, 0) is 4.74 Å². The minimum Gasteiger partial charge on any atom is -0.465 e. The average molecular weight is 360 g/mol. The van der Waals surface area contributed by atoms with Gasteiger partial charge in [0.25, 0.3) is 0 Å². The quantitative estimate of drug-likeness (QED) is 0.628. The van der Waals surface area contributed by atoms with Crippen molar-refractivity contribution in [3.05, 3.63) is 64.5 Å². The van der Waals surface area contributed by atoms with Gasteiger partial charge < -0.3 is 4.74 Å². The van der Waals surface area contributed by atoms with Gasteiger partial charge in [0.2, 0.25) is 0 Å². The molecule has 3 nitrogen and oxygen atoms in total. The largest absolute Gasteiger partial charge is 0.465 e. The van der Waals surface area contributed by atoms with E-state index < -0.39 is 5.97 Å². The summed E-state index contributed by atoms with van der Waals surface area (Å²) in [4.78, 5) is 16.5. The van der Waals surface area contributed by atoms with Gasteiger partial charge in [-0.05, 0) is 29.8 Å². The molecule has 0 bridgehead atoms. The molecule has 2 aromatic carbocycles. The fraction of sp³-hybridized carbons (Fsp3) is 0.0588. The number of rotatable bonds is 2. The molecule has 1 heterocycles. The number of hydrogen-bond acceptors (Lipinski definition) is 3. The second-order valence-corrected chi connectivity index (χ2v) is 5.54. The highest BCUT2D eigenvalue weighted by atomic mass is 79.9. The molecule has 5 heteroatoms. The smallest absolute Gasteiger partial charge is 0.338 e. The van der Waals surface area contributed by atoms with Gasteiger partial charge in [-0.2, -0.15) is 0 Å². The number of hydrogen-bond donors (Lipinski definition) is 0. The van der Waals surface area contributed by atoms with Gasteiger partial charge >= 0.3 is 5.97 Å². The number of nitrogens with zero attached hydrogens (tertiary/aromatic N) is 1. The highest BCUT2D eigenvalue weighted by Crippen LogP contribution is 2.36. The highest BCUT2D eigenvalue weighted by molar-refractivity contribution is 9.10. The Bertz CT molecular complexity index is 880. The molecule has 0 N–H and O–H groups in total. The van der Waals surface area contributed by atoms with Crippen molar-refractivity contribution in [3.63, 3.8) is 0 Å². The van der Waals surface area contributed by atoms with E-state index in [1.807, 2.05) is 6.07 Å². The highest BCUT2D eigenvalue weighted by Gasteiger charge is 2.19. The average Bonchev–Trinajstić information content (AvgIpc) is 2.54. The van der Waals surface area contributed by atoms with Crippen molar-refractivity contribution in [2.45, 2.75) is 0 Å². The van der Waals surface area contributed by atoms with E-state index >= 15 is 0 Å². The SMILES string of the molecule is COC(=O)c1cc(Br)c2cccnc2c1-c1cccc(F)c1. The maximum atomic E-state index is 13.6. The van der Waals surface area contributed by atoms with E-state index in [2.05, 4.69) is 20.9 Å². The Morgan fingerprint density at radius 1 is 1.23 bits per heavy atom. The molecule has 0 fully saturated rings. The van der Waals surface area contributed by atoms with Crippen molar-refractivity contribution in [3.8, 4) is 11.1 Å². The molecule has 0 amide bonds. The summed E-state index contributed by atoms with van der Waals surface area (Å²) in [5, 5.41) is 0.842. The van der Waals surface area contributed by atoms with Crippen LogP contribution in [0.25, 0.3) is 22.0 Å². The van der Waals surface area contributed by atoms with Crippen molar-refractivity contribution < 1.29 is 13.9 Å². The van der Waals surface area contributed by atoms with Crippen LogP contribution in [0.5, 0.6) is 0 Å². The topological polar surface area (TPSA) is 39.2 Å². The van der Waals surface area contributed by atoms with E-state index in [4.69, 9.17) is 4.74 Å². The van der Waals surface area contributed by atoms with Gasteiger partial charge in [-0.25, -0.2) is 9.18 Å². The Balaban J connectivity index is 2.44. The summed E-state index contributed by atoms with van der Waals surface area (Å²) >= 11 is 3.44. The predicted octanol–water partition coefficient (Wildman–Crippen LogP) is 4.59. The molecule has 0 saturated carbocycles. The van der Waals surface area contributed by atoms with Crippen LogP contribution in [0.2, 0.25) is 0 Å². The van der Waals surface area contributed by atoms with Gasteiger partial charge in [-0.15, -0.1) is 0 Å². The first-order valence-corrected chi connectivity index (χ1v) is 7.32. The molecule has 110 valence electrons. The first-order chi connectivity index (χ1) is 10.6. The molecule has 0 saturated heterocycles. The molecular formula is C17H11BrFNO2. The molecule has 0 aliphatic rings. The van der Waals surface area contributed by atoms with E-state index in [1.165, 1.54) is 19.2 Å². The number of aromatic nitrogens is 1. The first-order valence-electron chi connectivity index (χ1n) is 6.53. The zero-order valence-electron chi connectivity index (χ0n) is 11.6. The summed E-state index contributed by atoms with van der Waals surface area (Å²) in [6, 6.07) is 11.4. The van der Waals surface area contributed by atoms with Gasteiger partial charge in [0.05, 0.1) is 18.2 Å². The lowest BCUT2D eigenvalue weighted by Gasteiger charge is -2.13. The van der Waals surface area contributed by atoms with Crippen LogP contribution < -0.4 is 0 Å². The number of esters is 1. The lowest BCUT2D eigenvalue weighted by molar-refractivity contribution is 0.0601. The number of fused-ring (bicyclic) bond motifs is 1. The number of methoxy groups -OCH3 is 1. The second-order valence-electron chi connectivity index (χ2n) is 4.68. The van der Waals surface area contributed by atoms with Crippen molar-refractivity contribution in [2.75, 3.05) is 7.11 Å². The van der Waals surface area contributed by atoms with Crippen LogP contribution in [0.4, 0.5) is 4.39 Å². The van der Waals surface area contributed by atoms with E-state index in [9.17, 15) is 9.18 Å². The number of halogens is 2. The molecule has 0 unspecified atom stereocenters. The molecule has 0 atom stereocenters. The van der Waals surface area contributed by atoms with Crippen LogP contribution in [0.15, 0.2) is 53.1 Å². The molecular weight excluding hydrogens is 349 g/mol. The fourth-order valence-corrected chi connectivity index (χ4v) is 2.96. The monoisotopic (exact) mass is 359 g/mol. The van der Waals surface area contributed by atoms with Gasteiger partial charge in [-0.1, -0.05) is 34.1 Å². The third-order valence-corrected chi connectivity index (χ3v) is 4.02. The van der Waals surface area contributed by atoms with Gasteiger partial charge in [0.15, 0.2) is 0 Å². The minimum absolute atomic E-state index is 0.339. The number of carbonyl (C=O) groups is 1. The van der Waals surface area contributed by atoms with Gasteiger partial charge in [-0.3, -0.25) is 4.98 Å². The standard InChI is InChI=1S/C17H11BrFNO2/c1-22-17(21)13-9-14(18)12-6-3-7-20-16(12)15(13)10-4-2-5-11(19)8-10/h2-9H,1H3. The number of carbonyl (C=O) groups excluding carboxylic acids is 1. The Hall–Kier alpha value is -2.27. The van der Waals surface area contributed by atoms with Crippen LogP contribution in [0.3, 0.4) is 0 Å². The lowest BCUT2D eigenvalue weighted by atomic mass is 9.96. The summed E-state index contributed by atoms with van der Waals surface area (Å²) < 4.78 is 19.2. The van der Waals surface area contributed by atoms with Gasteiger partial charge in [0, 0.05) is 21.6 Å². The Kier molecular flexibility index (Phi) is 3.90. The summed E-state index contributed by atoms with van der Waals surface area (Å²) in [6.07, 6.45) is 1.64. The Morgan fingerprint density at radius 2 is 2.05 bits per heavy atom. The second kappa shape index (κ2) is 5.85. The van der Waals surface area contributed by atoms with Crippen LogP contribution >= 0.6 is 15.9 Å². The Morgan fingerprint density at radius 3 is 2.77 bits per heavy atom. The van der Waals surface area contributed by atoms with E-state index in [0.717, 1.165) is 9.86 Å². The molecule has 3 aromatic rings. The number of pyridine rings is 1. The zero-order valence-corrected chi connectivity index (χ0v) is 13.2. The van der Waals surface area contributed by atoms with Gasteiger partial charge in [0.1, 0.15) is 5.82 Å². The minimum atomic E-state index is -0.493. The van der Waals surface area contributed by atoms with Crippen molar-refractivity contribution >= 4 is 32.8 Å². The third kappa shape index (κ3) is 2.48. The molecule has 0 aliphatic heterocycles. The van der Waals surface area contributed by atoms with E-state index in [-0.39, 0.29) is 5.82 Å². The van der Waals surface area contributed by atoms with Crippen LogP contribution in [-0.4, -0.2) is 18.1 Å². The van der Waals surface area contributed by atoms with Crippen LogP contribution in [0, 0.1) is 5.82 Å². The lowest BCUT2D eigenvalue weighted by Crippen LogP contribution is -2.05. The van der Waals surface area contributed by atoms with E-state index in [1.54, 1.807) is 30.5 Å². The first kappa shape index (κ1) is 14.7. The van der Waals surface area contributed by atoms with Crippen LogP contribution in [0.1, 0.15) is 10.4 Å². The third-order valence-electron chi connectivity index (χ3n) is 3.36. The predicted molar refractivity (Wildman–Crippen MR) is 86.2 cm³/mol. The summed E-state index contributed by atoms with van der Waals surface area (Å²) in [5.74, 6) is -0.868. The normalized spacial score (nSPS) is 10.7.